The Morgan fingerprint density at radius 2 is 1.78 bits per heavy atom. The number of hydrogen-bond donors (Lipinski definition) is 1. The van der Waals surface area contributed by atoms with Gasteiger partial charge in [0.2, 0.25) is 0 Å². The molecular weight excluding hydrogens is 452 g/mol. The average molecular weight is 485 g/mol. The Morgan fingerprint density at radius 3 is 2.36 bits per heavy atom. The first-order valence-corrected chi connectivity index (χ1v) is 12.2. The second-order valence-electron chi connectivity index (χ2n) is 9.76. The fourth-order valence-corrected chi connectivity index (χ4v) is 4.48. The number of amides is 1. The second-order valence-corrected chi connectivity index (χ2v) is 9.76. The molecule has 1 saturated heterocycles. The highest BCUT2D eigenvalue weighted by molar-refractivity contribution is 6.46. The highest BCUT2D eigenvalue weighted by atomic mass is 16.5. The number of hydrogen-bond acceptors (Lipinski definition) is 5. The first-order valence-electron chi connectivity index (χ1n) is 12.2. The Morgan fingerprint density at radius 1 is 1.06 bits per heavy atom. The number of nitrogens with zero attached hydrogens (tertiary/aromatic N) is 2. The van der Waals surface area contributed by atoms with E-state index in [0.717, 1.165) is 22.3 Å². The van der Waals surface area contributed by atoms with Crippen LogP contribution in [0.4, 0.5) is 0 Å². The molecule has 0 saturated carbocycles. The first-order chi connectivity index (χ1) is 17.2. The number of benzene rings is 2. The number of carbonyl (C=O) groups excluding carboxylic acids is 2. The van der Waals surface area contributed by atoms with Crippen LogP contribution in [0, 0.1) is 6.92 Å². The molecule has 2 heterocycles. The van der Waals surface area contributed by atoms with Crippen molar-refractivity contribution in [2.45, 2.75) is 59.2 Å². The largest absolute Gasteiger partial charge is 0.507 e. The van der Waals surface area contributed by atoms with Gasteiger partial charge in [-0.1, -0.05) is 44.2 Å². The molecule has 1 aliphatic heterocycles. The second kappa shape index (κ2) is 10.4. The minimum absolute atomic E-state index is 0.00904. The number of Topliss-reactive ketones (excluding diaryl/α,β-unsaturated/α-hetero) is 1. The Labute approximate surface area is 212 Å². The van der Waals surface area contributed by atoms with Crippen molar-refractivity contribution in [1.29, 1.82) is 0 Å². The monoisotopic (exact) mass is 484 g/mol. The van der Waals surface area contributed by atoms with Crippen LogP contribution in [0.2, 0.25) is 0 Å². The van der Waals surface area contributed by atoms with Gasteiger partial charge in [-0.25, -0.2) is 0 Å². The predicted molar refractivity (Wildman–Crippen MR) is 140 cm³/mol. The number of likely N-dealkylation sites (tertiary alicyclic amines) is 1. The van der Waals surface area contributed by atoms with Crippen LogP contribution in [0.1, 0.15) is 67.5 Å². The maximum Gasteiger partial charge on any atom is 0.295 e. The summed E-state index contributed by atoms with van der Waals surface area (Å²) in [4.78, 5) is 32.2. The minimum atomic E-state index is -0.724. The third-order valence-electron chi connectivity index (χ3n) is 6.35. The van der Waals surface area contributed by atoms with Crippen LogP contribution >= 0.6 is 0 Å². The molecule has 1 fully saturated rings. The van der Waals surface area contributed by atoms with Crippen molar-refractivity contribution in [2.24, 2.45) is 0 Å². The molecule has 0 aliphatic carbocycles. The smallest absolute Gasteiger partial charge is 0.295 e. The highest BCUT2D eigenvalue weighted by Crippen LogP contribution is 2.41. The SMILES string of the molecule is Cc1cc(/C(O)=C2/C(=O)C(=O)N(Cc3cccnc3)C2c2ccc(C(C)C)cc2)ccc1OC(C)C. The summed E-state index contributed by atoms with van der Waals surface area (Å²) in [5.41, 5.74) is 4.09. The summed E-state index contributed by atoms with van der Waals surface area (Å²) in [5, 5.41) is 11.4. The topological polar surface area (TPSA) is 79.7 Å². The molecule has 186 valence electrons. The predicted octanol–water partition coefficient (Wildman–Crippen LogP) is 5.92. The number of pyridine rings is 1. The maximum absolute atomic E-state index is 13.3. The van der Waals surface area contributed by atoms with Crippen molar-refractivity contribution in [2.75, 3.05) is 0 Å². The lowest BCUT2D eigenvalue weighted by Gasteiger charge is -2.25. The third-order valence-corrected chi connectivity index (χ3v) is 6.35. The number of aryl methyl sites for hydroxylation is 1. The van der Waals surface area contributed by atoms with Gasteiger partial charge in [0.1, 0.15) is 11.5 Å². The average Bonchev–Trinajstić information content (AvgIpc) is 3.10. The molecule has 36 heavy (non-hydrogen) atoms. The molecule has 2 aromatic carbocycles. The van der Waals surface area contributed by atoms with Crippen LogP contribution in [0.25, 0.3) is 5.76 Å². The van der Waals surface area contributed by atoms with Crippen LogP contribution < -0.4 is 4.74 Å². The van der Waals surface area contributed by atoms with Crippen molar-refractivity contribution < 1.29 is 19.4 Å². The van der Waals surface area contributed by atoms with Gasteiger partial charge in [-0.05, 0) is 73.2 Å². The van der Waals surface area contributed by atoms with Gasteiger partial charge < -0.3 is 14.7 Å². The van der Waals surface area contributed by atoms with E-state index >= 15 is 0 Å². The molecule has 1 atom stereocenters. The summed E-state index contributed by atoms with van der Waals surface area (Å²) in [6, 6.07) is 16.1. The lowest BCUT2D eigenvalue weighted by Crippen LogP contribution is -2.29. The molecule has 1 aliphatic rings. The number of aliphatic hydroxyl groups is 1. The fraction of sp³-hybridized carbons (Fsp3) is 0.300. The molecule has 6 nitrogen and oxygen atoms in total. The van der Waals surface area contributed by atoms with Crippen LogP contribution in [0.3, 0.4) is 0 Å². The van der Waals surface area contributed by atoms with Crippen LogP contribution in [-0.4, -0.2) is 32.8 Å². The Kier molecular flexibility index (Phi) is 7.25. The van der Waals surface area contributed by atoms with E-state index in [-0.39, 0.29) is 24.0 Å². The van der Waals surface area contributed by atoms with Gasteiger partial charge in [0, 0.05) is 24.5 Å². The Balaban J connectivity index is 1.83. The van der Waals surface area contributed by atoms with Gasteiger partial charge in [-0.3, -0.25) is 14.6 Å². The molecule has 1 amide bonds. The number of aromatic nitrogens is 1. The molecular formula is C30H32N2O4. The molecule has 3 aromatic rings. The molecule has 1 N–H and O–H groups in total. The fourth-order valence-electron chi connectivity index (χ4n) is 4.48. The van der Waals surface area contributed by atoms with E-state index in [1.54, 1.807) is 36.7 Å². The normalized spacial score (nSPS) is 17.3. The lowest BCUT2D eigenvalue weighted by molar-refractivity contribution is -0.140. The van der Waals surface area contributed by atoms with Crippen molar-refractivity contribution in [3.8, 4) is 5.75 Å². The zero-order chi connectivity index (χ0) is 26.0. The van der Waals surface area contributed by atoms with E-state index in [9.17, 15) is 14.7 Å². The van der Waals surface area contributed by atoms with Gasteiger partial charge >= 0.3 is 0 Å². The zero-order valence-corrected chi connectivity index (χ0v) is 21.4. The van der Waals surface area contributed by atoms with Crippen molar-refractivity contribution in [3.05, 3.63) is 100 Å². The highest BCUT2D eigenvalue weighted by Gasteiger charge is 2.46. The van der Waals surface area contributed by atoms with Gasteiger partial charge in [-0.2, -0.15) is 0 Å². The van der Waals surface area contributed by atoms with Crippen LogP contribution in [-0.2, 0) is 16.1 Å². The van der Waals surface area contributed by atoms with Crippen LogP contribution in [0.15, 0.2) is 72.6 Å². The van der Waals surface area contributed by atoms with E-state index in [1.807, 2.05) is 51.1 Å². The van der Waals surface area contributed by atoms with E-state index in [2.05, 4.69) is 18.8 Å². The maximum atomic E-state index is 13.3. The Hall–Kier alpha value is -3.93. The molecule has 4 rings (SSSR count). The summed E-state index contributed by atoms with van der Waals surface area (Å²) in [6.45, 7) is 10.2. The van der Waals surface area contributed by atoms with Gasteiger partial charge in [0.15, 0.2) is 0 Å². The number of carbonyl (C=O) groups is 2. The summed E-state index contributed by atoms with van der Waals surface area (Å²) >= 11 is 0. The number of rotatable bonds is 7. The van der Waals surface area contributed by atoms with E-state index in [0.29, 0.717) is 17.2 Å². The number of ether oxygens (including phenoxy) is 1. The third kappa shape index (κ3) is 5.03. The molecule has 6 heteroatoms. The Bertz CT molecular complexity index is 1290. The zero-order valence-electron chi connectivity index (χ0n) is 21.4. The standard InChI is InChI=1S/C30H32N2O4/c1-18(2)22-8-10-23(11-9-22)27-26(28(33)24-12-13-25(20(5)15-24)36-19(3)4)29(34)30(35)32(27)17-21-7-6-14-31-16-21/h6-16,18-19,27,33H,17H2,1-5H3/b28-26-. The molecule has 0 spiro atoms. The van der Waals surface area contributed by atoms with Gasteiger partial charge in [0.05, 0.1) is 17.7 Å². The number of ketones is 1. The molecule has 0 bridgehead atoms. The van der Waals surface area contributed by atoms with E-state index < -0.39 is 17.7 Å². The molecule has 0 radical (unpaired) electrons. The quantitative estimate of drug-likeness (QED) is 0.256. The first kappa shape index (κ1) is 25.2. The van der Waals surface area contributed by atoms with Crippen molar-refractivity contribution >= 4 is 17.4 Å². The van der Waals surface area contributed by atoms with Crippen LogP contribution in [0.5, 0.6) is 5.75 Å². The van der Waals surface area contributed by atoms with E-state index in [4.69, 9.17) is 4.74 Å². The van der Waals surface area contributed by atoms with E-state index in [1.165, 1.54) is 4.90 Å². The molecule has 1 aromatic heterocycles. The summed E-state index contributed by atoms with van der Waals surface area (Å²) in [5.74, 6) is -0.488. The van der Waals surface area contributed by atoms with Gasteiger partial charge in [0.25, 0.3) is 11.7 Å². The molecule has 1 unspecified atom stereocenters. The minimum Gasteiger partial charge on any atom is -0.507 e. The summed E-state index contributed by atoms with van der Waals surface area (Å²) < 4.78 is 5.81. The summed E-state index contributed by atoms with van der Waals surface area (Å²) in [6.07, 6.45) is 3.35. The van der Waals surface area contributed by atoms with Crippen molar-refractivity contribution in [1.82, 2.24) is 9.88 Å². The lowest BCUT2D eigenvalue weighted by atomic mass is 9.93. The summed E-state index contributed by atoms with van der Waals surface area (Å²) in [7, 11) is 0. The van der Waals surface area contributed by atoms with Gasteiger partial charge in [-0.15, -0.1) is 0 Å². The number of aliphatic hydroxyl groups excluding tert-OH is 1. The van der Waals surface area contributed by atoms with Crippen molar-refractivity contribution in [3.63, 3.8) is 0 Å².